The van der Waals surface area contributed by atoms with Gasteiger partial charge in [0.25, 0.3) is 5.91 Å². The SMILES string of the molecule is COCc1ccccc1C(=O)Nc1cc(F)cc(N2CCCC2)c1. The van der Waals surface area contributed by atoms with E-state index in [1.54, 1.807) is 19.2 Å². The number of benzene rings is 2. The number of nitrogens with zero attached hydrogens (tertiary/aromatic N) is 1. The third-order valence-electron chi connectivity index (χ3n) is 4.17. The zero-order valence-electron chi connectivity index (χ0n) is 13.7. The predicted octanol–water partition coefficient (Wildman–Crippen LogP) is 3.82. The number of rotatable bonds is 5. The van der Waals surface area contributed by atoms with Gasteiger partial charge in [-0.3, -0.25) is 4.79 Å². The number of ether oxygens (including phenoxy) is 1. The largest absolute Gasteiger partial charge is 0.380 e. The van der Waals surface area contributed by atoms with E-state index in [4.69, 9.17) is 4.74 Å². The minimum Gasteiger partial charge on any atom is -0.380 e. The summed E-state index contributed by atoms with van der Waals surface area (Å²) in [6.07, 6.45) is 2.23. The molecule has 0 saturated carbocycles. The molecule has 0 spiro atoms. The number of amides is 1. The maximum absolute atomic E-state index is 13.9. The van der Waals surface area contributed by atoms with Crippen LogP contribution in [0.4, 0.5) is 15.8 Å². The Kier molecular flexibility index (Phi) is 5.11. The van der Waals surface area contributed by atoms with Gasteiger partial charge in [0.1, 0.15) is 5.82 Å². The quantitative estimate of drug-likeness (QED) is 0.907. The van der Waals surface area contributed by atoms with Crippen molar-refractivity contribution in [3.05, 3.63) is 59.4 Å². The fourth-order valence-corrected chi connectivity index (χ4v) is 3.03. The van der Waals surface area contributed by atoms with E-state index in [0.717, 1.165) is 37.2 Å². The highest BCUT2D eigenvalue weighted by molar-refractivity contribution is 6.05. The minimum absolute atomic E-state index is 0.263. The third-order valence-corrected chi connectivity index (χ3v) is 4.17. The van der Waals surface area contributed by atoms with E-state index in [0.29, 0.717) is 17.9 Å². The number of hydrogen-bond donors (Lipinski definition) is 1. The highest BCUT2D eigenvalue weighted by atomic mass is 19.1. The second kappa shape index (κ2) is 7.45. The topological polar surface area (TPSA) is 41.6 Å². The maximum Gasteiger partial charge on any atom is 0.256 e. The number of halogens is 1. The molecule has 1 N–H and O–H groups in total. The van der Waals surface area contributed by atoms with Crippen molar-refractivity contribution in [2.75, 3.05) is 30.4 Å². The molecule has 1 aliphatic heterocycles. The van der Waals surface area contributed by atoms with Gasteiger partial charge in [0.2, 0.25) is 0 Å². The smallest absolute Gasteiger partial charge is 0.256 e. The molecule has 1 heterocycles. The summed E-state index contributed by atoms with van der Waals surface area (Å²) in [5.74, 6) is -0.611. The summed E-state index contributed by atoms with van der Waals surface area (Å²) >= 11 is 0. The van der Waals surface area contributed by atoms with Gasteiger partial charge in [0.05, 0.1) is 6.61 Å². The lowest BCUT2D eigenvalue weighted by molar-refractivity contribution is 0.102. The van der Waals surface area contributed by atoms with Crippen molar-refractivity contribution in [3.63, 3.8) is 0 Å². The van der Waals surface area contributed by atoms with Gasteiger partial charge in [-0.25, -0.2) is 4.39 Å². The lowest BCUT2D eigenvalue weighted by Gasteiger charge is -2.19. The van der Waals surface area contributed by atoms with E-state index in [1.807, 2.05) is 18.2 Å². The Balaban J connectivity index is 1.81. The molecule has 2 aromatic carbocycles. The Morgan fingerprint density at radius 2 is 1.96 bits per heavy atom. The molecule has 0 aliphatic carbocycles. The molecule has 0 aromatic heterocycles. The van der Waals surface area contributed by atoms with Gasteiger partial charge in [-0.2, -0.15) is 0 Å². The Morgan fingerprint density at radius 1 is 1.21 bits per heavy atom. The van der Waals surface area contributed by atoms with E-state index in [-0.39, 0.29) is 11.7 Å². The van der Waals surface area contributed by atoms with Gasteiger partial charge in [-0.1, -0.05) is 18.2 Å². The monoisotopic (exact) mass is 328 g/mol. The summed E-state index contributed by atoms with van der Waals surface area (Å²) in [4.78, 5) is 14.7. The molecule has 0 radical (unpaired) electrons. The van der Waals surface area contributed by atoms with E-state index >= 15 is 0 Å². The summed E-state index contributed by atoms with van der Waals surface area (Å²) in [5.41, 5.74) is 2.61. The van der Waals surface area contributed by atoms with Crippen molar-refractivity contribution < 1.29 is 13.9 Å². The van der Waals surface area contributed by atoms with Crippen LogP contribution in [-0.2, 0) is 11.3 Å². The average molecular weight is 328 g/mol. The van der Waals surface area contributed by atoms with Gasteiger partial charge < -0.3 is 15.0 Å². The molecule has 4 nitrogen and oxygen atoms in total. The summed E-state index contributed by atoms with van der Waals surface area (Å²) in [6.45, 7) is 2.20. The molecule has 24 heavy (non-hydrogen) atoms. The number of carbonyl (C=O) groups excluding carboxylic acids is 1. The van der Waals surface area contributed by atoms with Crippen molar-refractivity contribution in [2.45, 2.75) is 19.4 Å². The Hall–Kier alpha value is -2.40. The minimum atomic E-state index is -0.347. The Bertz CT molecular complexity index is 727. The van der Waals surface area contributed by atoms with Gasteiger partial charge in [-0.15, -0.1) is 0 Å². The van der Waals surface area contributed by atoms with Crippen molar-refractivity contribution in [1.82, 2.24) is 0 Å². The standard InChI is InChI=1S/C19H21FN2O2/c1-24-13-14-6-2-3-7-18(14)19(23)21-16-10-15(20)11-17(12-16)22-8-4-5-9-22/h2-3,6-7,10-12H,4-5,8-9,13H2,1H3,(H,21,23). The van der Waals surface area contributed by atoms with Crippen molar-refractivity contribution in [3.8, 4) is 0 Å². The lowest BCUT2D eigenvalue weighted by Crippen LogP contribution is -2.19. The highest BCUT2D eigenvalue weighted by Crippen LogP contribution is 2.25. The molecule has 0 atom stereocenters. The first-order chi connectivity index (χ1) is 11.7. The predicted molar refractivity (Wildman–Crippen MR) is 93.0 cm³/mol. The second-order valence-corrected chi connectivity index (χ2v) is 5.94. The van der Waals surface area contributed by atoms with Crippen LogP contribution >= 0.6 is 0 Å². The normalized spacial score (nSPS) is 14.0. The van der Waals surface area contributed by atoms with Crippen LogP contribution in [0.2, 0.25) is 0 Å². The van der Waals surface area contributed by atoms with Gasteiger partial charge >= 0.3 is 0 Å². The molecular weight excluding hydrogens is 307 g/mol. The first-order valence-corrected chi connectivity index (χ1v) is 8.11. The summed E-state index contributed by atoms with van der Waals surface area (Å²) in [5, 5.41) is 2.80. The van der Waals surface area contributed by atoms with Crippen LogP contribution < -0.4 is 10.2 Å². The zero-order valence-corrected chi connectivity index (χ0v) is 13.7. The molecule has 1 saturated heterocycles. The average Bonchev–Trinajstić information content (AvgIpc) is 3.09. The number of carbonyl (C=O) groups is 1. The number of methoxy groups -OCH3 is 1. The van der Waals surface area contributed by atoms with Crippen LogP contribution in [0, 0.1) is 5.82 Å². The maximum atomic E-state index is 13.9. The molecule has 126 valence electrons. The van der Waals surface area contributed by atoms with Crippen molar-refractivity contribution >= 4 is 17.3 Å². The van der Waals surface area contributed by atoms with Crippen LogP contribution in [0.5, 0.6) is 0 Å². The van der Waals surface area contributed by atoms with Crippen LogP contribution in [0.3, 0.4) is 0 Å². The molecule has 1 amide bonds. The molecule has 0 bridgehead atoms. The van der Waals surface area contributed by atoms with Gasteiger partial charge in [-0.05, 0) is 42.7 Å². The van der Waals surface area contributed by atoms with E-state index in [1.165, 1.54) is 12.1 Å². The van der Waals surface area contributed by atoms with Crippen molar-refractivity contribution in [1.29, 1.82) is 0 Å². The van der Waals surface area contributed by atoms with Crippen LogP contribution in [0.25, 0.3) is 0 Å². The number of nitrogens with one attached hydrogen (secondary N) is 1. The molecule has 1 aliphatic rings. The summed E-state index contributed by atoms with van der Waals surface area (Å²) < 4.78 is 19.1. The zero-order chi connectivity index (χ0) is 16.9. The third kappa shape index (κ3) is 3.74. The Morgan fingerprint density at radius 3 is 2.71 bits per heavy atom. The van der Waals surface area contributed by atoms with E-state index in [9.17, 15) is 9.18 Å². The van der Waals surface area contributed by atoms with Crippen molar-refractivity contribution in [2.24, 2.45) is 0 Å². The molecule has 5 heteroatoms. The first-order valence-electron chi connectivity index (χ1n) is 8.11. The molecular formula is C19H21FN2O2. The summed E-state index contributed by atoms with van der Waals surface area (Å²) in [6, 6.07) is 11.9. The first kappa shape index (κ1) is 16.5. The van der Waals surface area contributed by atoms with Crippen LogP contribution in [0.1, 0.15) is 28.8 Å². The van der Waals surface area contributed by atoms with Gasteiger partial charge in [0, 0.05) is 37.1 Å². The lowest BCUT2D eigenvalue weighted by atomic mass is 10.1. The summed E-state index contributed by atoms with van der Waals surface area (Å²) in [7, 11) is 1.59. The fourth-order valence-electron chi connectivity index (χ4n) is 3.03. The van der Waals surface area contributed by atoms with Crippen LogP contribution in [0.15, 0.2) is 42.5 Å². The fraction of sp³-hybridized carbons (Fsp3) is 0.316. The highest BCUT2D eigenvalue weighted by Gasteiger charge is 2.16. The molecule has 2 aromatic rings. The number of hydrogen-bond acceptors (Lipinski definition) is 3. The number of anilines is 2. The van der Waals surface area contributed by atoms with Gasteiger partial charge in [0.15, 0.2) is 0 Å². The van der Waals surface area contributed by atoms with E-state index in [2.05, 4.69) is 10.2 Å². The second-order valence-electron chi connectivity index (χ2n) is 5.94. The molecule has 1 fully saturated rings. The Labute approximate surface area is 141 Å². The van der Waals surface area contributed by atoms with Crippen LogP contribution in [-0.4, -0.2) is 26.1 Å². The molecule has 3 rings (SSSR count). The molecule has 0 unspecified atom stereocenters. The van der Waals surface area contributed by atoms with E-state index < -0.39 is 0 Å².